The Balaban J connectivity index is 1.15. The van der Waals surface area contributed by atoms with Crippen molar-refractivity contribution in [3.8, 4) is 5.75 Å². The third-order valence-electron chi connectivity index (χ3n) is 10.2. The molecule has 0 radical (unpaired) electrons. The maximum Gasteiger partial charge on any atom is 0.416 e. The molecule has 2 aliphatic carbocycles. The minimum atomic E-state index is -4.63. The van der Waals surface area contributed by atoms with E-state index in [4.69, 9.17) is 21.1 Å². The van der Waals surface area contributed by atoms with E-state index in [2.05, 4.69) is 4.98 Å². The Morgan fingerprint density at radius 1 is 1.04 bits per heavy atom. The molecule has 8 rings (SSSR count). The average Bonchev–Trinajstić information content (AvgIpc) is 3.79. The first kappa shape index (κ1) is 31.0. The van der Waals surface area contributed by atoms with Crippen LogP contribution in [0.1, 0.15) is 28.3 Å². The normalized spacial score (nSPS) is 29.6. The number of alkyl halides is 3. The minimum absolute atomic E-state index is 0.0882. The number of ether oxygens (including phenoxy) is 2. The Labute approximate surface area is 279 Å². The number of aromatic nitrogens is 1. The number of H-pyrrole nitrogens is 1. The molecule has 3 amide bonds. The number of rotatable bonds is 5. The molecular formula is C32H27ClF3N3O6S2. The highest BCUT2D eigenvalue weighted by Crippen LogP contribution is 2.69. The maximum absolute atomic E-state index is 14.0. The summed E-state index contributed by atoms with van der Waals surface area (Å²) in [4.78, 5) is 59.7. The molecule has 2 saturated carbocycles. The van der Waals surface area contributed by atoms with Crippen LogP contribution in [0.2, 0.25) is 5.02 Å². The summed E-state index contributed by atoms with van der Waals surface area (Å²) in [6.45, 7) is 1.63. The molecule has 3 aliphatic heterocycles. The van der Waals surface area contributed by atoms with Crippen LogP contribution in [0, 0.1) is 29.6 Å². The third kappa shape index (κ3) is 5.01. The molecule has 9 nitrogen and oxygen atoms in total. The van der Waals surface area contributed by atoms with Gasteiger partial charge >= 0.3 is 11.0 Å². The van der Waals surface area contributed by atoms with Gasteiger partial charge in [0.1, 0.15) is 5.75 Å². The zero-order chi connectivity index (χ0) is 32.8. The number of anilines is 1. The lowest BCUT2D eigenvalue weighted by Crippen LogP contribution is -2.43. The smallest absolute Gasteiger partial charge is 0.416 e. The van der Waals surface area contributed by atoms with Gasteiger partial charge in [-0.1, -0.05) is 29.0 Å². The van der Waals surface area contributed by atoms with Crippen LogP contribution in [-0.2, 0) is 25.3 Å². The van der Waals surface area contributed by atoms with Crippen LogP contribution in [0.25, 0.3) is 0 Å². The monoisotopic (exact) mass is 705 g/mol. The molecule has 2 aromatic carbocycles. The summed E-state index contributed by atoms with van der Waals surface area (Å²) in [5, 5.41) is 0.941. The lowest BCUT2D eigenvalue weighted by molar-refractivity contribution is -0.138. The number of morpholine rings is 1. The van der Waals surface area contributed by atoms with E-state index >= 15 is 0 Å². The number of amides is 3. The van der Waals surface area contributed by atoms with Crippen LogP contribution in [0.15, 0.2) is 52.3 Å². The Kier molecular flexibility index (Phi) is 7.50. The highest BCUT2D eigenvalue weighted by molar-refractivity contribution is 8.00. The summed E-state index contributed by atoms with van der Waals surface area (Å²) in [5.74, 6) is -3.30. The van der Waals surface area contributed by atoms with Crippen LogP contribution in [0.4, 0.5) is 18.9 Å². The van der Waals surface area contributed by atoms with Gasteiger partial charge in [-0.05, 0) is 60.6 Å². The largest absolute Gasteiger partial charge is 0.483 e. The number of benzene rings is 2. The second-order valence-corrected chi connectivity index (χ2v) is 15.1. The number of carbonyl (C=O) groups is 3. The van der Waals surface area contributed by atoms with E-state index < -0.39 is 41.3 Å². The van der Waals surface area contributed by atoms with Crippen LogP contribution in [0.5, 0.6) is 5.75 Å². The first-order valence-electron chi connectivity index (χ1n) is 15.2. The van der Waals surface area contributed by atoms with Crippen molar-refractivity contribution in [2.75, 3.05) is 37.8 Å². The van der Waals surface area contributed by atoms with Gasteiger partial charge < -0.3 is 19.4 Å². The van der Waals surface area contributed by atoms with Gasteiger partial charge in [-0.2, -0.15) is 13.2 Å². The molecule has 15 heteroatoms. The van der Waals surface area contributed by atoms with Crippen molar-refractivity contribution >= 4 is 58.1 Å². The van der Waals surface area contributed by atoms with Gasteiger partial charge in [-0.25, -0.2) is 0 Å². The zero-order valence-corrected chi connectivity index (χ0v) is 26.9. The van der Waals surface area contributed by atoms with Crippen molar-refractivity contribution in [1.82, 2.24) is 9.88 Å². The van der Waals surface area contributed by atoms with Gasteiger partial charge in [0.05, 0.1) is 41.3 Å². The predicted octanol–water partition coefficient (Wildman–Crippen LogP) is 5.02. The molecule has 4 unspecified atom stereocenters. The SMILES string of the molecule is O=C(COc1ccc(Cl)cc1[C@H]1c2sc(=O)[nH]c2SC2C1[C@H]1C[C@@H]2C2C(=O)N(c3cccc(C(F)(F)F)c3)C(=O)C21)N1CCOCC1. The van der Waals surface area contributed by atoms with Gasteiger partial charge in [0.15, 0.2) is 6.61 Å². The first-order valence-corrected chi connectivity index (χ1v) is 17.3. The van der Waals surface area contributed by atoms with Gasteiger partial charge in [0.25, 0.3) is 5.91 Å². The van der Waals surface area contributed by atoms with Crippen LogP contribution in [-0.4, -0.2) is 65.8 Å². The maximum atomic E-state index is 14.0. The summed E-state index contributed by atoms with van der Waals surface area (Å²) in [6.07, 6.45) is -4.04. The molecule has 1 aromatic heterocycles. The number of hydrogen-bond acceptors (Lipinski definition) is 8. The molecular weight excluding hydrogens is 679 g/mol. The van der Waals surface area contributed by atoms with E-state index in [1.54, 1.807) is 23.1 Å². The molecule has 7 atom stereocenters. The van der Waals surface area contributed by atoms with Crippen molar-refractivity contribution < 1.29 is 37.0 Å². The van der Waals surface area contributed by atoms with Crippen molar-refractivity contribution in [2.45, 2.75) is 28.8 Å². The Hall–Kier alpha value is -3.33. The molecule has 2 bridgehead atoms. The number of hydrogen-bond donors (Lipinski definition) is 1. The van der Waals surface area contributed by atoms with Crippen molar-refractivity contribution in [1.29, 1.82) is 0 Å². The number of imide groups is 1. The Morgan fingerprint density at radius 3 is 2.53 bits per heavy atom. The molecule has 4 heterocycles. The second-order valence-electron chi connectivity index (χ2n) is 12.5. The zero-order valence-electron chi connectivity index (χ0n) is 24.5. The van der Waals surface area contributed by atoms with E-state index in [0.717, 1.165) is 33.2 Å². The van der Waals surface area contributed by atoms with E-state index in [9.17, 15) is 32.3 Å². The molecule has 47 heavy (non-hydrogen) atoms. The van der Waals surface area contributed by atoms with Gasteiger partial charge in [0, 0.05) is 39.7 Å². The minimum Gasteiger partial charge on any atom is -0.483 e. The first-order chi connectivity index (χ1) is 22.5. The lowest BCUT2D eigenvalue weighted by atomic mass is 9.68. The Bertz CT molecular complexity index is 1860. The molecule has 3 aromatic rings. The van der Waals surface area contributed by atoms with E-state index in [-0.39, 0.29) is 46.1 Å². The number of nitrogens with one attached hydrogen (secondary N) is 1. The third-order valence-corrected chi connectivity index (χ3v) is 13.0. The Morgan fingerprint density at radius 2 is 1.79 bits per heavy atom. The summed E-state index contributed by atoms with van der Waals surface area (Å²) < 4.78 is 52.1. The average molecular weight is 706 g/mol. The molecule has 0 spiro atoms. The standard InChI is InChI=1S/C32H27ClF3N3O6S2/c33-15-4-5-20(45-13-21(40)38-6-8-44-9-7-38)17(11-15)22-23-18-12-19(26(23)46-28-27(22)47-31(43)37-28)25-24(18)29(41)39(30(25)42)16-3-1-2-14(10-16)32(34,35)36/h1-5,10-11,18-19,22-26H,6-9,12-13H2,(H,37,43)/t18-,19-,22-,23?,24?,25?,26?/m1/s1. The van der Waals surface area contributed by atoms with Gasteiger partial charge in [-0.15, -0.1) is 11.8 Å². The van der Waals surface area contributed by atoms with E-state index in [0.29, 0.717) is 54.1 Å². The fraction of sp³-hybridized carbons (Fsp3) is 0.438. The quantitative estimate of drug-likeness (QED) is 0.372. The van der Waals surface area contributed by atoms with Crippen molar-refractivity contribution in [2.24, 2.45) is 29.6 Å². The number of carbonyl (C=O) groups excluding carboxylic acids is 3. The summed E-state index contributed by atoms with van der Waals surface area (Å²) in [5.41, 5.74) is -0.349. The van der Waals surface area contributed by atoms with Gasteiger partial charge in [0.2, 0.25) is 11.8 Å². The number of aromatic amines is 1. The highest BCUT2D eigenvalue weighted by Gasteiger charge is 2.70. The molecule has 246 valence electrons. The number of thiazole rings is 1. The van der Waals surface area contributed by atoms with Crippen LogP contribution < -0.4 is 14.5 Å². The summed E-state index contributed by atoms with van der Waals surface area (Å²) in [7, 11) is 0. The molecule has 4 fully saturated rings. The fourth-order valence-corrected chi connectivity index (χ4v) is 11.4. The fourth-order valence-electron chi connectivity index (χ4n) is 8.38. The number of halogens is 4. The van der Waals surface area contributed by atoms with Gasteiger partial charge in [-0.3, -0.25) is 24.1 Å². The number of nitrogens with zero attached hydrogens (tertiary/aromatic N) is 2. The molecule has 1 N–H and O–H groups in total. The number of thioether (sulfide) groups is 1. The molecule has 2 saturated heterocycles. The van der Waals surface area contributed by atoms with E-state index in [1.165, 1.54) is 23.9 Å². The highest BCUT2D eigenvalue weighted by atomic mass is 35.5. The number of fused-ring (bicyclic) bond motifs is 9. The van der Waals surface area contributed by atoms with Crippen LogP contribution >= 0.6 is 34.7 Å². The van der Waals surface area contributed by atoms with Crippen molar-refractivity contribution in [3.63, 3.8) is 0 Å². The summed E-state index contributed by atoms with van der Waals surface area (Å²) >= 11 is 9.10. The topological polar surface area (TPSA) is 109 Å². The predicted molar refractivity (Wildman–Crippen MR) is 167 cm³/mol. The molecule has 5 aliphatic rings. The van der Waals surface area contributed by atoms with Crippen molar-refractivity contribution in [3.05, 3.63) is 73.2 Å². The van der Waals surface area contributed by atoms with Crippen LogP contribution in [0.3, 0.4) is 0 Å². The van der Waals surface area contributed by atoms with E-state index in [1.807, 2.05) is 0 Å². The summed E-state index contributed by atoms with van der Waals surface area (Å²) in [6, 6.07) is 9.44. The lowest BCUT2D eigenvalue weighted by Gasteiger charge is -2.43. The second kappa shape index (κ2) is 11.4.